The molecule has 7 nitrogen and oxygen atoms in total. The standard InChI is InChI=1S/C10H11BrFN5O2S/c11-7-5-10(9(13)6-8(7)12)20(18,19)15-2-4-17-3-1-14-16-17/h1,3,5-6,15H,2,4,13H2. The van der Waals surface area contributed by atoms with Crippen molar-refractivity contribution in [1.29, 1.82) is 0 Å². The third kappa shape index (κ3) is 3.32. The van der Waals surface area contributed by atoms with Crippen LogP contribution in [0.3, 0.4) is 0 Å². The second-order valence-electron chi connectivity index (χ2n) is 3.87. The summed E-state index contributed by atoms with van der Waals surface area (Å²) < 4.78 is 41.2. The Morgan fingerprint density at radius 3 is 2.85 bits per heavy atom. The minimum Gasteiger partial charge on any atom is -0.398 e. The highest BCUT2D eigenvalue weighted by molar-refractivity contribution is 9.10. The van der Waals surface area contributed by atoms with E-state index < -0.39 is 15.8 Å². The van der Waals surface area contributed by atoms with Crippen LogP contribution in [0, 0.1) is 5.82 Å². The van der Waals surface area contributed by atoms with Crippen LogP contribution in [0.2, 0.25) is 0 Å². The van der Waals surface area contributed by atoms with Crippen molar-refractivity contribution in [2.75, 3.05) is 12.3 Å². The number of halogens is 2. The lowest BCUT2D eigenvalue weighted by Crippen LogP contribution is -2.28. The normalized spacial score (nSPS) is 11.7. The predicted octanol–water partition coefficient (Wildman–Crippen LogP) is 0.740. The Morgan fingerprint density at radius 2 is 2.20 bits per heavy atom. The van der Waals surface area contributed by atoms with Crippen LogP contribution in [0.15, 0.2) is 33.9 Å². The molecule has 3 N–H and O–H groups in total. The van der Waals surface area contributed by atoms with Gasteiger partial charge in [0.25, 0.3) is 0 Å². The molecule has 0 aliphatic heterocycles. The Balaban J connectivity index is 2.12. The summed E-state index contributed by atoms with van der Waals surface area (Å²) in [7, 11) is -3.82. The summed E-state index contributed by atoms with van der Waals surface area (Å²) in [5.74, 6) is -0.621. The molecule has 0 fully saturated rings. The van der Waals surface area contributed by atoms with Crippen molar-refractivity contribution in [3.05, 3.63) is 34.8 Å². The van der Waals surface area contributed by atoms with Crippen molar-refractivity contribution >= 4 is 31.6 Å². The van der Waals surface area contributed by atoms with Gasteiger partial charge in [0, 0.05) is 12.7 Å². The molecule has 1 heterocycles. The molecular weight excluding hydrogens is 353 g/mol. The van der Waals surface area contributed by atoms with Gasteiger partial charge >= 0.3 is 0 Å². The van der Waals surface area contributed by atoms with Crippen molar-refractivity contribution in [2.45, 2.75) is 11.4 Å². The number of aromatic nitrogens is 3. The Hall–Kier alpha value is -1.52. The van der Waals surface area contributed by atoms with E-state index in [2.05, 4.69) is 31.0 Å². The number of rotatable bonds is 5. The highest BCUT2D eigenvalue weighted by Crippen LogP contribution is 2.25. The van der Waals surface area contributed by atoms with Crippen LogP contribution >= 0.6 is 15.9 Å². The topological polar surface area (TPSA) is 103 Å². The summed E-state index contributed by atoms with van der Waals surface area (Å²) >= 11 is 2.93. The lowest BCUT2D eigenvalue weighted by Gasteiger charge is -2.10. The first-order chi connectivity index (χ1) is 9.40. The van der Waals surface area contributed by atoms with Gasteiger partial charge in [0.05, 0.1) is 22.9 Å². The summed E-state index contributed by atoms with van der Waals surface area (Å²) in [6, 6.07) is 2.08. The highest BCUT2D eigenvalue weighted by Gasteiger charge is 2.19. The number of hydrogen-bond donors (Lipinski definition) is 2. The minimum atomic E-state index is -3.82. The van der Waals surface area contributed by atoms with Crippen molar-refractivity contribution < 1.29 is 12.8 Å². The van der Waals surface area contributed by atoms with Crippen molar-refractivity contribution in [3.63, 3.8) is 0 Å². The Kier molecular flexibility index (Phi) is 4.35. The molecule has 2 rings (SSSR count). The van der Waals surface area contributed by atoms with Gasteiger partial charge in [-0.2, -0.15) is 0 Å². The number of sulfonamides is 1. The molecule has 0 amide bonds. The molecule has 0 aliphatic carbocycles. The number of nitrogens with one attached hydrogen (secondary N) is 1. The number of nitrogen functional groups attached to an aromatic ring is 1. The average molecular weight is 364 g/mol. The number of nitrogens with two attached hydrogens (primary N) is 1. The van der Waals surface area contributed by atoms with E-state index in [0.717, 1.165) is 12.1 Å². The van der Waals surface area contributed by atoms with E-state index in [4.69, 9.17) is 5.73 Å². The van der Waals surface area contributed by atoms with Crippen molar-refractivity contribution in [1.82, 2.24) is 19.7 Å². The lowest BCUT2D eigenvalue weighted by atomic mass is 10.3. The Morgan fingerprint density at radius 1 is 1.45 bits per heavy atom. The Bertz CT molecular complexity index is 705. The third-order valence-corrected chi connectivity index (χ3v) is 4.57. The van der Waals surface area contributed by atoms with Gasteiger partial charge in [-0.15, -0.1) is 5.10 Å². The van der Waals surface area contributed by atoms with Crippen LogP contribution in [0.5, 0.6) is 0 Å². The maximum absolute atomic E-state index is 13.2. The zero-order valence-electron chi connectivity index (χ0n) is 10.1. The van der Waals surface area contributed by atoms with Gasteiger partial charge in [-0.05, 0) is 28.1 Å². The quantitative estimate of drug-likeness (QED) is 0.762. The highest BCUT2D eigenvalue weighted by atomic mass is 79.9. The number of benzene rings is 1. The zero-order chi connectivity index (χ0) is 14.8. The first kappa shape index (κ1) is 14.9. The van der Waals surface area contributed by atoms with Crippen molar-refractivity contribution in [2.24, 2.45) is 0 Å². The van der Waals surface area contributed by atoms with Crippen LogP contribution in [-0.4, -0.2) is 30.0 Å². The Labute approximate surface area is 123 Å². The second kappa shape index (κ2) is 5.85. The van der Waals surface area contributed by atoms with E-state index in [-0.39, 0.29) is 21.6 Å². The van der Waals surface area contributed by atoms with Crippen LogP contribution in [0.25, 0.3) is 0 Å². The SMILES string of the molecule is Nc1cc(F)c(Br)cc1S(=O)(=O)NCCn1ccnn1. The molecule has 1 aromatic carbocycles. The lowest BCUT2D eigenvalue weighted by molar-refractivity contribution is 0.552. The van der Waals surface area contributed by atoms with Gasteiger partial charge in [0.15, 0.2) is 0 Å². The van der Waals surface area contributed by atoms with E-state index in [0.29, 0.717) is 6.54 Å². The molecule has 20 heavy (non-hydrogen) atoms. The molecular formula is C10H11BrFN5O2S. The minimum absolute atomic E-state index is 0.0309. The molecule has 0 radical (unpaired) electrons. The smallest absolute Gasteiger partial charge is 0.242 e. The molecule has 0 unspecified atom stereocenters. The van der Waals surface area contributed by atoms with Crippen LogP contribution in [-0.2, 0) is 16.6 Å². The average Bonchev–Trinajstić information content (AvgIpc) is 2.86. The molecule has 1 aromatic heterocycles. The molecule has 108 valence electrons. The summed E-state index contributed by atoms with van der Waals surface area (Å²) in [6.07, 6.45) is 3.10. The van der Waals surface area contributed by atoms with E-state index in [1.165, 1.54) is 10.9 Å². The van der Waals surface area contributed by atoms with Gasteiger partial charge in [0.1, 0.15) is 10.7 Å². The fourth-order valence-corrected chi connectivity index (χ4v) is 3.15. The molecule has 10 heteroatoms. The van der Waals surface area contributed by atoms with Crippen LogP contribution in [0.4, 0.5) is 10.1 Å². The fourth-order valence-electron chi connectivity index (χ4n) is 1.50. The first-order valence-corrected chi connectivity index (χ1v) is 7.76. The van der Waals surface area contributed by atoms with Gasteiger partial charge < -0.3 is 5.73 Å². The fraction of sp³-hybridized carbons (Fsp3) is 0.200. The first-order valence-electron chi connectivity index (χ1n) is 5.48. The molecule has 0 bridgehead atoms. The van der Waals surface area contributed by atoms with Gasteiger partial charge in [0.2, 0.25) is 10.0 Å². The van der Waals surface area contributed by atoms with Crippen molar-refractivity contribution in [3.8, 4) is 0 Å². The summed E-state index contributed by atoms with van der Waals surface area (Å²) in [4.78, 5) is -0.177. The molecule has 0 atom stereocenters. The van der Waals surface area contributed by atoms with Gasteiger partial charge in [-0.3, -0.25) is 4.68 Å². The number of hydrogen-bond acceptors (Lipinski definition) is 5. The third-order valence-electron chi connectivity index (χ3n) is 2.45. The van der Waals surface area contributed by atoms with E-state index in [1.54, 1.807) is 6.20 Å². The second-order valence-corrected chi connectivity index (χ2v) is 6.46. The number of anilines is 1. The number of nitrogens with zero attached hydrogens (tertiary/aromatic N) is 3. The predicted molar refractivity (Wildman–Crippen MR) is 73.7 cm³/mol. The van der Waals surface area contributed by atoms with E-state index in [9.17, 15) is 12.8 Å². The molecule has 0 aliphatic rings. The van der Waals surface area contributed by atoms with Crippen LogP contribution in [0.1, 0.15) is 0 Å². The molecule has 0 saturated carbocycles. The maximum Gasteiger partial charge on any atom is 0.242 e. The van der Waals surface area contributed by atoms with Crippen LogP contribution < -0.4 is 10.5 Å². The van der Waals surface area contributed by atoms with Gasteiger partial charge in [-0.25, -0.2) is 17.5 Å². The summed E-state index contributed by atoms with van der Waals surface area (Å²) in [6.45, 7) is 0.432. The molecule has 0 saturated heterocycles. The molecule has 0 spiro atoms. The summed E-state index contributed by atoms with van der Waals surface area (Å²) in [5, 5.41) is 7.30. The monoisotopic (exact) mass is 363 g/mol. The van der Waals surface area contributed by atoms with Gasteiger partial charge in [-0.1, -0.05) is 5.21 Å². The summed E-state index contributed by atoms with van der Waals surface area (Å²) in [5.41, 5.74) is 5.38. The van der Waals surface area contributed by atoms with E-state index in [1.807, 2.05) is 0 Å². The molecule has 2 aromatic rings. The zero-order valence-corrected chi connectivity index (χ0v) is 12.5. The maximum atomic E-state index is 13.2. The van der Waals surface area contributed by atoms with E-state index >= 15 is 0 Å². The largest absolute Gasteiger partial charge is 0.398 e.